The zero-order valence-electron chi connectivity index (χ0n) is 12.2. The van der Waals surface area contributed by atoms with E-state index >= 15 is 0 Å². The lowest BCUT2D eigenvalue weighted by atomic mass is 9.96. The van der Waals surface area contributed by atoms with Crippen molar-refractivity contribution in [1.82, 2.24) is 0 Å². The van der Waals surface area contributed by atoms with Crippen LogP contribution in [0.2, 0.25) is 0 Å². The molecular formula is C15H10F5NO3. The molecule has 1 aromatic rings. The van der Waals surface area contributed by atoms with Gasteiger partial charge in [-0.05, 0) is 31.2 Å². The van der Waals surface area contributed by atoms with Crippen molar-refractivity contribution in [3.63, 3.8) is 0 Å². The Kier molecular flexibility index (Phi) is 5.79. The van der Waals surface area contributed by atoms with Crippen LogP contribution in [0, 0.1) is 11.3 Å². The fourth-order valence-corrected chi connectivity index (χ4v) is 1.60. The number of Topliss-reactive ketones (excluding diaryl/α,β-unsaturated/α-hetero) is 1. The van der Waals surface area contributed by atoms with Gasteiger partial charge >= 0.3 is 18.1 Å². The van der Waals surface area contributed by atoms with Crippen LogP contribution in [0.1, 0.15) is 22.8 Å². The molecule has 0 N–H and O–H groups in total. The Hall–Kier alpha value is -2.76. The number of nitriles is 1. The monoisotopic (exact) mass is 347 g/mol. The molecule has 24 heavy (non-hydrogen) atoms. The van der Waals surface area contributed by atoms with Crippen LogP contribution in [0.4, 0.5) is 22.0 Å². The molecule has 9 heteroatoms. The van der Waals surface area contributed by atoms with Gasteiger partial charge in [0.25, 0.3) is 0 Å². The number of benzene rings is 1. The van der Waals surface area contributed by atoms with Gasteiger partial charge in [0.2, 0.25) is 0 Å². The summed E-state index contributed by atoms with van der Waals surface area (Å²) in [6, 6.07) is 5.66. The molecule has 0 aromatic heterocycles. The normalized spacial score (nSPS) is 12.5. The van der Waals surface area contributed by atoms with E-state index in [4.69, 9.17) is 5.26 Å². The van der Waals surface area contributed by atoms with Gasteiger partial charge in [0, 0.05) is 11.6 Å². The van der Waals surface area contributed by atoms with Crippen LogP contribution in [-0.2, 0) is 9.53 Å². The van der Waals surface area contributed by atoms with Gasteiger partial charge in [0.05, 0.1) is 23.8 Å². The number of rotatable bonds is 5. The lowest BCUT2D eigenvalue weighted by molar-refractivity contribution is -0.262. The molecule has 0 unspecified atom stereocenters. The van der Waals surface area contributed by atoms with Crippen molar-refractivity contribution in [1.29, 1.82) is 5.26 Å². The third-order valence-corrected chi connectivity index (χ3v) is 2.76. The summed E-state index contributed by atoms with van der Waals surface area (Å²) in [7, 11) is 0. The van der Waals surface area contributed by atoms with Crippen LogP contribution < -0.4 is 0 Å². The molecule has 0 fully saturated rings. The van der Waals surface area contributed by atoms with Crippen LogP contribution in [0.25, 0.3) is 0 Å². The summed E-state index contributed by atoms with van der Waals surface area (Å²) in [5.41, 5.74) is -2.52. The van der Waals surface area contributed by atoms with Gasteiger partial charge in [-0.1, -0.05) is 0 Å². The smallest absolute Gasteiger partial charge is 0.458 e. The summed E-state index contributed by atoms with van der Waals surface area (Å²) < 4.78 is 69.2. The number of nitrogens with zero attached hydrogens (tertiary/aromatic N) is 1. The van der Waals surface area contributed by atoms with E-state index in [1.807, 2.05) is 0 Å². The number of esters is 1. The molecule has 0 spiro atoms. The van der Waals surface area contributed by atoms with Gasteiger partial charge in [-0.3, -0.25) is 4.79 Å². The molecule has 0 atom stereocenters. The van der Waals surface area contributed by atoms with Crippen molar-refractivity contribution in [3.05, 3.63) is 47.0 Å². The van der Waals surface area contributed by atoms with Crippen molar-refractivity contribution in [3.8, 4) is 6.07 Å². The Morgan fingerprint density at radius 2 is 1.71 bits per heavy atom. The Bertz CT molecular complexity index is 699. The summed E-state index contributed by atoms with van der Waals surface area (Å²) in [6.45, 7) is 1.04. The minimum atomic E-state index is -6.08. The number of halogens is 5. The van der Waals surface area contributed by atoms with Gasteiger partial charge in [0.15, 0.2) is 5.78 Å². The maximum absolute atomic E-state index is 13.6. The van der Waals surface area contributed by atoms with E-state index in [9.17, 15) is 31.5 Å². The van der Waals surface area contributed by atoms with E-state index in [1.165, 1.54) is 6.92 Å². The maximum atomic E-state index is 13.6. The SMILES string of the molecule is CCOC(=O)/C=C(\C(=O)c1ccc(C#N)cc1)C(F)(F)C(F)(F)F. The van der Waals surface area contributed by atoms with Crippen molar-refractivity contribution in [2.24, 2.45) is 0 Å². The number of hydrogen-bond donors (Lipinski definition) is 0. The first kappa shape index (κ1) is 19.3. The summed E-state index contributed by atoms with van der Waals surface area (Å²) in [5.74, 6) is -8.75. The average Bonchev–Trinajstić information content (AvgIpc) is 2.51. The van der Waals surface area contributed by atoms with E-state index in [0.717, 1.165) is 24.3 Å². The molecule has 4 nitrogen and oxygen atoms in total. The quantitative estimate of drug-likeness (QED) is 0.354. The highest BCUT2D eigenvalue weighted by Gasteiger charge is 2.62. The lowest BCUT2D eigenvalue weighted by Crippen LogP contribution is -2.41. The van der Waals surface area contributed by atoms with Crippen molar-refractivity contribution in [2.45, 2.75) is 19.0 Å². The topological polar surface area (TPSA) is 67.2 Å². The Morgan fingerprint density at radius 1 is 1.17 bits per heavy atom. The zero-order valence-corrected chi connectivity index (χ0v) is 12.2. The second-order valence-corrected chi connectivity index (χ2v) is 4.40. The number of hydrogen-bond acceptors (Lipinski definition) is 4. The molecule has 0 saturated carbocycles. The molecule has 1 rings (SSSR count). The molecule has 0 heterocycles. The lowest BCUT2D eigenvalue weighted by Gasteiger charge is -2.21. The van der Waals surface area contributed by atoms with Crippen LogP contribution in [0.3, 0.4) is 0 Å². The molecule has 1 aromatic carbocycles. The van der Waals surface area contributed by atoms with E-state index < -0.39 is 35.0 Å². The minimum absolute atomic E-state index is 0.0741. The van der Waals surface area contributed by atoms with Gasteiger partial charge in [0.1, 0.15) is 0 Å². The van der Waals surface area contributed by atoms with E-state index in [1.54, 1.807) is 6.07 Å². The molecule has 128 valence electrons. The highest BCUT2D eigenvalue weighted by molar-refractivity contribution is 6.12. The van der Waals surface area contributed by atoms with Crippen LogP contribution >= 0.6 is 0 Å². The second kappa shape index (κ2) is 7.21. The van der Waals surface area contributed by atoms with Gasteiger partial charge in [-0.2, -0.15) is 27.2 Å². The standard InChI is InChI=1S/C15H10F5NO3/c1-2-24-12(22)7-11(14(16,17)15(18,19)20)13(23)10-5-3-9(8-21)4-6-10/h3-7H,2H2,1H3/b11-7+. The summed E-state index contributed by atoms with van der Waals surface area (Å²) in [5, 5.41) is 8.61. The molecule has 0 aliphatic carbocycles. The van der Waals surface area contributed by atoms with Crippen LogP contribution in [0.5, 0.6) is 0 Å². The molecule has 0 bridgehead atoms. The fraction of sp³-hybridized carbons (Fsp3) is 0.267. The molecule has 0 aliphatic rings. The molecular weight excluding hydrogens is 337 g/mol. The van der Waals surface area contributed by atoms with E-state index in [0.29, 0.717) is 0 Å². The van der Waals surface area contributed by atoms with Gasteiger partial charge in [-0.15, -0.1) is 0 Å². The highest BCUT2D eigenvalue weighted by atomic mass is 19.4. The summed E-state index contributed by atoms with van der Waals surface area (Å²) in [4.78, 5) is 23.3. The van der Waals surface area contributed by atoms with Crippen LogP contribution in [-0.4, -0.2) is 30.5 Å². The number of ether oxygens (including phenoxy) is 1. The van der Waals surface area contributed by atoms with Crippen LogP contribution in [0.15, 0.2) is 35.9 Å². The largest absolute Gasteiger partial charge is 0.463 e. The van der Waals surface area contributed by atoms with E-state index in [2.05, 4.69) is 4.74 Å². The first-order valence-electron chi connectivity index (χ1n) is 6.43. The van der Waals surface area contributed by atoms with Crippen molar-refractivity contribution in [2.75, 3.05) is 6.61 Å². The summed E-state index contributed by atoms with van der Waals surface area (Å²) in [6.07, 6.45) is -6.24. The fourth-order valence-electron chi connectivity index (χ4n) is 1.60. The third kappa shape index (κ3) is 4.16. The number of allylic oxidation sites excluding steroid dienone is 1. The Balaban J connectivity index is 3.39. The van der Waals surface area contributed by atoms with Gasteiger partial charge in [-0.25, -0.2) is 4.79 Å². The van der Waals surface area contributed by atoms with Gasteiger partial charge < -0.3 is 4.74 Å². The number of alkyl halides is 5. The predicted molar refractivity (Wildman–Crippen MR) is 71.2 cm³/mol. The van der Waals surface area contributed by atoms with E-state index in [-0.39, 0.29) is 18.2 Å². The molecule has 0 radical (unpaired) electrons. The number of carbonyl (C=O) groups excluding carboxylic acids is 2. The Morgan fingerprint density at radius 3 is 2.12 bits per heavy atom. The zero-order chi connectivity index (χ0) is 18.5. The number of ketones is 1. The predicted octanol–water partition coefficient (Wildman–Crippen LogP) is 3.43. The molecule has 0 saturated heterocycles. The first-order chi connectivity index (χ1) is 11.0. The van der Waals surface area contributed by atoms with Crippen molar-refractivity contribution >= 4 is 11.8 Å². The summed E-state index contributed by atoms with van der Waals surface area (Å²) >= 11 is 0. The molecule has 0 aliphatic heterocycles. The maximum Gasteiger partial charge on any atom is 0.458 e. The number of carbonyl (C=O) groups is 2. The van der Waals surface area contributed by atoms with Crippen molar-refractivity contribution < 1.29 is 36.3 Å². The highest BCUT2D eigenvalue weighted by Crippen LogP contribution is 2.42. The molecule has 0 amide bonds. The first-order valence-corrected chi connectivity index (χ1v) is 6.43. The third-order valence-electron chi connectivity index (χ3n) is 2.76. The average molecular weight is 347 g/mol. The second-order valence-electron chi connectivity index (χ2n) is 4.40. The minimum Gasteiger partial charge on any atom is -0.463 e. The Labute approximate surface area is 133 Å².